The minimum atomic E-state index is 0.226. The summed E-state index contributed by atoms with van der Waals surface area (Å²) in [6, 6.07) is 3.76. The minimum Gasteiger partial charge on any atom is -0.362 e. The molecule has 0 aromatic carbocycles. The predicted molar refractivity (Wildman–Crippen MR) is 67.9 cm³/mol. The highest BCUT2D eigenvalue weighted by Gasteiger charge is 2.09. The number of pyridine rings is 1. The highest BCUT2D eigenvalue weighted by molar-refractivity contribution is 7.80. The molecule has 3 nitrogen and oxygen atoms in total. The number of nitrogens with one attached hydrogen (secondary N) is 2. The van der Waals surface area contributed by atoms with E-state index in [1.165, 1.54) is 0 Å². The maximum absolute atomic E-state index is 5.16. The molecule has 0 aliphatic rings. The van der Waals surface area contributed by atoms with Gasteiger partial charge in [-0.2, -0.15) is 0 Å². The van der Waals surface area contributed by atoms with Gasteiger partial charge in [0, 0.05) is 24.6 Å². The molecule has 0 saturated heterocycles. The largest absolute Gasteiger partial charge is 0.362 e. The van der Waals surface area contributed by atoms with E-state index < -0.39 is 0 Å². The van der Waals surface area contributed by atoms with Crippen molar-refractivity contribution in [3.8, 4) is 0 Å². The quantitative estimate of drug-likeness (QED) is 0.755. The summed E-state index contributed by atoms with van der Waals surface area (Å²) in [6.45, 7) is 7.34. The molecule has 0 aliphatic heterocycles. The number of hydrogen-bond acceptors (Lipinski definition) is 2. The lowest BCUT2D eigenvalue weighted by Gasteiger charge is -2.20. The number of nitrogens with zero attached hydrogens (tertiary/aromatic N) is 1. The third kappa shape index (κ3) is 5.32. The molecule has 0 saturated carbocycles. The Morgan fingerprint density at radius 1 is 1.33 bits per heavy atom. The Morgan fingerprint density at radius 2 is 1.93 bits per heavy atom. The van der Waals surface area contributed by atoms with Crippen LogP contribution < -0.4 is 10.6 Å². The average Bonchev–Trinajstić information content (AvgIpc) is 2.15. The number of aromatic nitrogens is 1. The molecule has 0 radical (unpaired) electrons. The van der Waals surface area contributed by atoms with E-state index in [1.54, 1.807) is 12.4 Å². The molecular formula is C11H17N3S. The number of thiocarbonyl (C=S) groups is 1. The van der Waals surface area contributed by atoms with Crippen LogP contribution in [0.5, 0.6) is 0 Å². The molecule has 0 aliphatic carbocycles. The predicted octanol–water partition coefficient (Wildman–Crippen LogP) is 2.41. The standard InChI is InChI=1S/C11H17N3S/c1-11(2,3)8-13-10(15)14-9-4-6-12-7-5-9/h4-7H,8H2,1-3H3,(H2,12,13,14,15). The Kier molecular flexibility index (Phi) is 4.03. The number of hydrogen-bond donors (Lipinski definition) is 2. The van der Waals surface area contributed by atoms with Crippen molar-refractivity contribution in [3.63, 3.8) is 0 Å². The zero-order chi connectivity index (χ0) is 11.3. The van der Waals surface area contributed by atoms with Crippen molar-refractivity contribution in [1.82, 2.24) is 10.3 Å². The van der Waals surface area contributed by atoms with Crippen LogP contribution in [0.1, 0.15) is 20.8 Å². The molecule has 1 heterocycles. The summed E-state index contributed by atoms with van der Waals surface area (Å²) in [6.07, 6.45) is 3.46. The molecule has 82 valence electrons. The number of anilines is 1. The van der Waals surface area contributed by atoms with E-state index in [2.05, 4.69) is 36.4 Å². The van der Waals surface area contributed by atoms with Crippen LogP contribution in [0.3, 0.4) is 0 Å². The Labute approximate surface area is 96.3 Å². The fraction of sp³-hybridized carbons (Fsp3) is 0.455. The Balaban J connectivity index is 2.38. The molecule has 0 spiro atoms. The third-order valence-electron chi connectivity index (χ3n) is 1.72. The first-order chi connectivity index (χ1) is 6.97. The summed E-state index contributed by atoms with van der Waals surface area (Å²) in [5.74, 6) is 0. The topological polar surface area (TPSA) is 37.0 Å². The summed E-state index contributed by atoms with van der Waals surface area (Å²) in [7, 11) is 0. The summed E-state index contributed by atoms with van der Waals surface area (Å²) in [5, 5.41) is 6.92. The summed E-state index contributed by atoms with van der Waals surface area (Å²) >= 11 is 5.16. The van der Waals surface area contributed by atoms with E-state index in [0.717, 1.165) is 12.2 Å². The van der Waals surface area contributed by atoms with Crippen LogP contribution >= 0.6 is 12.2 Å². The molecule has 1 rings (SSSR count). The molecular weight excluding hydrogens is 206 g/mol. The second-order valence-corrected chi connectivity index (χ2v) is 5.01. The lowest BCUT2D eigenvalue weighted by molar-refractivity contribution is 0.409. The van der Waals surface area contributed by atoms with E-state index >= 15 is 0 Å². The van der Waals surface area contributed by atoms with Crippen LogP contribution in [0.4, 0.5) is 5.69 Å². The van der Waals surface area contributed by atoms with Crippen LogP contribution in [0.15, 0.2) is 24.5 Å². The Bertz CT molecular complexity index is 316. The van der Waals surface area contributed by atoms with Gasteiger partial charge < -0.3 is 10.6 Å². The molecule has 0 bridgehead atoms. The first kappa shape index (κ1) is 11.9. The molecule has 4 heteroatoms. The molecule has 0 amide bonds. The van der Waals surface area contributed by atoms with Crippen molar-refractivity contribution < 1.29 is 0 Å². The normalized spacial score (nSPS) is 10.9. The highest BCUT2D eigenvalue weighted by Crippen LogP contribution is 2.10. The van der Waals surface area contributed by atoms with Gasteiger partial charge in [0.15, 0.2) is 5.11 Å². The van der Waals surface area contributed by atoms with Gasteiger partial charge in [-0.15, -0.1) is 0 Å². The fourth-order valence-corrected chi connectivity index (χ4v) is 1.15. The van der Waals surface area contributed by atoms with E-state index in [0.29, 0.717) is 5.11 Å². The van der Waals surface area contributed by atoms with E-state index in [-0.39, 0.29) is 5.41 Å². The van der Waals surface area contributed by atoms with Gasteiger partial charge in [-0.1, -0.05) is 20.8 Å². The van der Waals surface area contributed by atoms with Crippen LogP contribution in [-0.4, -0.2) is 16.6 Å². The van der Waals surface area contributed by atoms with Crippen LogP contribution in [0.25, 0.3) is 0 Å². The molecule has 2 N–H and O–H groups in total. The van der Waals surface area contributed by atoms with Gasteiger partial charge in [0.25, 0.3) is 0 Å². The lowest BCUT2D eigenvalue weighted by atomic mass is 9.97. The monoisotopic (exact) mass is 223 g/mol. The van der Waals surface area contributed by atoms with Crippen LogP contribution in [-0.2, 0) is 0 Å². The summed E-state index contributed by atoms with van der Waals surface area (Å²) in [4.78, 5) is 3.93. The Hall–Kier alpha value is -1.16. The van der Waals surface area contributed by atoms with Crippen molar-refractivity contribution in [1.29, 1.82) is 0 Å². The maximum atomic E-state index is 5.16. The van der Waals surface area contributed by atoms with Gasteiger partial charge in [-0.3, -0.25) is 4.98 Å². The van der Waals surface area contributed by atoms with E-state index in [9.17, 15) is 0 Å². The highest BCUT2D eigenvalue weighted by atomic mass is 32.1. The van der Waals surface area contributed by atoms with Gasteiger partial charge in [0.1, 0.15) is 0 Å². The summed E-state index contributed by atoms with van der Waals surface area (Å²) in [5.41, 5.74) is 1.18. The van der Waals surface area contributed by atoms with Gasteiger partial charge in [0.2, 0.25) is 0 Å². The van der Waals surface area contributed by atoms with Gasteiger partial charge in [-0.05, 0) is 29.8 Å². The average molecular weight is 223 g/mol. The minimum absolute atomic E-state index is 0.226. The van der Waals surface area contributed by atoms with E-state index in [4.69, 9.17) is 12.2 Å². The second-order valence-electron chi connectivity index (χ2n) is 4.60. The van der Waals surface area contributed by atoms with Crippen LogP contribution in [0.2, 0.25) is 0 Å². The molecule has 1 aromatic heterocycles. The van der Waals surface area contributed by atoms with Crippen molar-refractivity contribution in [2.45, 2.75) is 20.8 Å². The number of rotatable bonds is 2. The van der Waals surface area contributed by atoms with Crippen molar-refractivity contribution in [2.75, 3.05) is 11.9 Å². The molecule has 0 fully saturated rings. The van der Waals surface area contributed by atoms with Crippen molar-refractivity contribution >= 4 is 23.0 Å². The third-order valence-corrected chi connectivity index (χ3v) is 1.96. The lowest BCUT2D eigenvalue weighted by Crippen LogP contribution is -2.35. The molecule has 0 unspecified atom stereocenters. The maximum Gasteiger partial charge on any atom is 0.170 e. The zero-order valence-electron chi connectivity index (χ0n) is 9.37. The fourth-order valence-electron chi connectivity index (χ4n) is 0.956. The summed E-state index contributed by atoms with van der Waals surface area (Å²) < 4.78 is 0. The van der Waals surface area contributed by atoms with Gasteiger partial charge in [-0.25, -0.2) is 0 Å². The van der Waals surface area contributed by atoms with Gasteiger partial charge in [0.05, 0.1) is 0 Å². The molecule has 15 heavy (non-hydrogen) atoms. The SMILES string of the molecule is CC(C)(C)CNC(=S)Nc1ccncc1. The first-order valence-electron chi connectivity index (χ1n) is 4.92. The second kappa shape index (κ2) is 5.07. The smallest absolute Gasteiger partial charge is 0.170 e. The van der Waals surface area contributed by atoms with Crippen LogP contribution in [0, 0.1) is 5.41 Å². The van der Waals surface area contributed by atoms with Gasteiger partial charge >= 0.3 is 0 Å². The van der Waals surface area contributed by atoms with Crippen molar-refractivity contribution in [3.05, 3.63) is 24.5 Å². The molecule has 1 aromatic rings. The molecule has 0 atom stereocenters. The Morgan fingerprint density at radius 3 is 2.47 bits per heavy atom. The van der Waals surface area contributed by atoms with E-state index in [1.807, 2.05) is 12.1 Å². The first-order valence-corrected chi connectivity index (χ1v) is 5.33. The van der Waals surface area contributed by atoms with Crippen molar-refractivity contribution in [2.24, 2.45) is 5.41 Å². The zero-order valence-corrected chi connectivity index (χ0v) is 10.2.